The number of benzene rings is 2. The normalized spacial score (nSPS) is 9.52. The summed E-state index contributed by atoms with van der Waals surface area (Å²) in [5.41, 5.74) is 2.48. The smallest absolute Gasteiger partial charge is 0.118 e. The fourth-order valence-corrected chi connectivity index (χ4v) is 2.18. The zero-order valence-corrected chi connectivity index (χ0v) is 19.7. The van der Waals surface area contributed by atoms with Gasteiger partial charge in [-0.05, 0) is 49.2 Å². The molecule has 2 heteroatoms. The average molecular weight is 397 g/mol. The Labute approximate surface area is 179 Å². The minimum absolute atomic E-state index is 0.0431. The summed E-state index contributed by atoms with van der Waals surface area (Å²) >= 11 is 0. The van der Waals surface area contributed by atoms with Gasteiger partial charge in [-0.15, -0.1) is 0 Å². The number of allylic oxidation sites excluding steroid dienone is 4. The number of hydrogen-bond acceptors (Lipinski definition) is 2. The summed E-state index contributed by atoms with van der Waals surface area (Å²) in [5.74, 6) is 1.77. The standard InChI is InChI=1S/C17H20O2.C4H8.C4H6.C2H6/c1-17(2,13-5-9-15(18-3)10-6-13)14-7-11-16(19-4)12-8-14;2*1-3-4-2;1-2/h5-12H,1-4H3;3-4H,1-2H3;3-4H,1-2H2;1-2H3/b;4-3-;;. The first-order valence-electron chi connectivity index (χ1n) is 10.0. The molecule has 0 spiro atoms. The number of hydrogen-bond donors (Lipinski definition) is 0. The molecule has 0 saturated carbocycles. The molecular weight excluding hydrogens is 356 g/mol. The van der Waals surface area contributed by atoms with E-state index in [1.807, 2.05) is 64.1 Å². The molecule has 0 aliphatic heterocycles. The topological polar surface area (TPSA) is 18.5 Å². The van der Waals surface area contributed by atoms with Gasteiger partial charge in [-0.3, -0.25) is 0 Å². The Kier molecular flexibility index (Phi) is 17.0. The third-order valence-electron chi connectivity index (χ3n) is 4.12. The van der Waals surface area contributed by atoms with Crippen LogP contribution < -0.4 is 9.47 Å². The summed E-state index contributed by atoms with van der Waals surface area (Å²) in [6.45, 7) is 19.2. The Hall–Kier alpha value is -2.74. The van der Waals surface area contributed by atoms with E-state index in [0.717, 1.165) is 11.5 Å². The van der Waals surface area contributed by atoms with Gasteiger partial charge in [0.25, 0.3) is 0 Å². The van der Waals surface area contributed by atoms with E-state index in [9.17, 15) is 0 Å². The van der Waals surface area contributed by atoms with Crippen LogP contribution in [0.15, 0.2) is 86.0 Å². The van der Waals surface area contributed by atoms with E-state index in [1.165, 1.54) is 11.1 Å². The lowest BCUT2D eigenvalue weighted by Gasteiger charge is -2.26. The molecule has 2 aromatic rings. The van der Waals surface area contributed by atoms with Gasteiger partial charge in [-0.25, -0.2) is 0 Å². The molecule has 0 fully saturated rings. The quantitative estimate of drug-likeness (QED) is 0.376. The molecule has 0 bridgehead atoms. The molecule has 29 heavy (non-hydrogen) atoms. The molecular formula is C27H40O2. The molecule has 0 unspecified atom stereocenters. The van der Waals surface area contributed by atoms with Crippen molar-refractivity contribution in [2.24, 2.45) is 0 Å². The summed E-state index contributed by atoms with van der Waals surface area (Å²) < 4.78 is 10.4. The fraction of sp³-hybridized carbons (Fsp3) is 0.333. The molecule has 0 heterocycles. The second kappa shape index (κ2) is 17.4. The van der Waals surface area contributed by atoms with Gasteiger partial charge in [0.1, 0.15) is 11.5 Å². The lowest BCUT2D eigenvalue weighted by molar-refractivity contribution is 0.414. The maximum Gasteiger partial charge on any atom is 0.118 e. The van der Waals surface area contributed by atoms with E-state index in [1.54, 1.807) is 26.4 Å². The Morgan fingerprint density at radius 1 is 0.655 bits per heavy atom. The zero-order valence-electron chi connectivity index (χ0n) is 19.7. The highest BCUT2D eigenvalue weighted by atomic mass is 16.5. The highest BCUT2D eigenvalue weighted by Crippen LogP contribution is 2.33. The largest absolute Gasteiger partial charge is 0.497 e. The third-order valence-corrected chi connectivity index (χ3v) is 4.12. The van der Waals surface area contributed by atoms with Crippen LogP contribution in [0.3, 0.4) is 0 Å². The summed E-state index contributed by atoms with van der Waals surface area (Å²) in [5, 5.41) is 0. The zero-order chi connectivity index (χ0) is 22.7. The maximum atomic E-state index is 5.20. The molecule has 160 valence electrons. The van der Waals surface area contributed by atoms with Crippen molar-refractivity contribution in [2.45, 2.75) is 47.0 Å². The Balaban J connectivity index is 0. The Bertz CT molecular complexity index is 618. The van der Waals surface area contributed by atoms with Crippen LogP contribution in [0, 0.1) is 0 Å². The van der Waals surface area contributed by atoms with E-state index >= 15 is 0 Å². The van der Waals surface area contributed by atoms with Crippen molar-refractivity contribution in [3.05, 3.63) is 97.1 Å². The lowest BCUT2D eigenvalue weighted by Crippen LogP contribution is -2.18. The van der Waals surface area contributed by atoms with Crippen LogP contribution in [0.1, 0.15) is 52.7 Å². The van der Waals surface area contributed by atoms with E-state index in [-0.39, 0.29) is 5.41 Å². The van der Waals surface area contributed by atoms with Crippen molar-refractivity contribution in [3.8, 4) is 11.5 Å². The summed E-state index contributed by atoms with van der Waals surface area (Å²) in [7, 11) is 3.37. The maximum absolute atomic E-state index is 5.20. The lowest BCUT2D eigenvalue weighted by atomic mass is 9.78. The second-order valence-electron chi connectivity index (χ2n) is 6.22. The number of ether oxygens (including phenoxy) is 2. The molecule has 2 nitrogen and oxygen atoms in total. The predicted octanol–water partition coefficient (Wildman–Crippen LogP) is 8.00. The van der Waals surface area contributed by atoms with Gasteiger partial charge in [0, 0.05) is 5.41 Å². The molecule has 0 amide bonds. The van der Waals surface area contributed by atoms with Crippen LogP contribution in [0.2, 0.25) is 0 Å². The number of methoxy groups -OCH3 is 2. The number of rotatable bonds is 5. The van der Waals surface area contributed by atoms with Crippen LogP contribution in [-0.2, 0) is 5.41 Å². The van der Waals surface area contributed by atoms with Gasteiger partial charge in [0.05, 0.1) is 14.2 Å². The van der Waals surface area contributed by atoms with Crippen LogP contribution in [0.5, 0.6) is 11.5 Å². The highest BCUT2D eigenvalue weighted by molar-refractivity contribution is 5.41. The van der Waals surface area contributed by atoms with Crippen LogP contribution in [0.4, 0.5) is 0 Å². The van der Waals surface area contributed by atoms with Crippen molar-refractivity contribution in [3.63, 3.8) is 0 Å². The SMILES string of the molecule is C/C=C\C.C=CC=C.CC.COc1ccc(C(C)(C)c2ccc(OC)cc2)cc1. The molecule has 0 atom stereocenters. The highest BCUT2D eigenvalue weighted by Gasteiger charge is 2.22. The molecule has 0 N–H and O–H groups in total. The summed E-state index contributed by atoms with van der Waals surface area (Å²) in [4.78, 5) is 0. The van der Waals surface area contributed by atoms with Crippen molar-refractivity contribution in [1.82, 2.24) is 0 Å². The molecule has 2 aromatic carbocycles. The molecule has 0 aromatic heterocycles. The molecule has 0 saturated heterocycles. The average Bonchev–Trinajstić information content (AvgIpc) is 2.80. The Morgan fingerprint density at radius 2 is 0.931 bits per heavy atom. The Morgan fingerprint density at radius 3 is 1.10 bits per heavy atom. The van der Waals surface area contributed by atoms with Crippen molar-refractivity contribution in [1.29, 1.82) is 0 Å². The van der Waals surface area contributed by atoms with Crippen molar-refractivity contribution < 1.29 is 9.47 Å². The van der Waals surface area contributed by atoms with Crippen LogP contribution in [0.25, 0.3) is 0 Å². The van der Waals surface area contributed by atoms with Gasteiger partial charge >= 0.3 is 0 Å². The third kappa shape index (κ3) is 11.0. The van der Waals surface area contributed by atoms with E-state index in [0.29, 0.717) is 0 Å². The first kappa shape index (κ1) is 28.5. The van der Waals surface area contributed by atoms with Gasteiger partial charge in [0.15, 0.2) is 0 Å². The van der Waals surface area contributed by atoms with Crippen molar-refractivity contribution in [2.75, 3.05) is 14.2 Å². The summed E-state index contributed by atoms with van der Waals surface area (Å²) in [6.07, 6.45) is 7.28. The van der Waals surface area contributed by atoms with E-state index in [4.69, 9.17) is 9.47 Å². The second-order valence-corrected chi connectivity index (χ2v) is 6.22. The van der Waals surface area contributed by atoms with Gasteiger partial charge in [-0.1, -0.05) is 89.4 Å². The fourth-order valence-electron chi connectivity index (χ4n) is 2.18. The van der Waals surface area contributed by atoms with Gasteiger partial charge < -0.3 is 9.47 Å². The van der Waals surface area contributed by atoms with Crippen molar-refractivity contribution >= 4 is 0 Å². The summed E-state index contributed by atoms with van der Waals surface area (Å²) in [6, 6.07) is 16.5. The first-order valence-corrected chi connectivity index (χ1v) is 10.0. The molecule has 0 radical (unpaired) electrons. The van der Waals surface area contributed by atoms with Gasteiger partial charge in [-0.2, -0.15) is 0 Å². The van der Waals surface area contributed by atoms with Gasteiger partial charge in [0.2, 0.25) is 0 Å². The first-order chi connectivity index (χ1) is 13.9. The minimum Gasteiger partial charge on any atom is -0.497 e. The molecule has 2 rings (SSSR count). The van der Waals surface area contributed by atoms with Crippen LogP contribution in [-0.4, -0.2) is 14.2 Å². The predicted molar refractivity (Wildman–Crippen MR) is 130 cm³/mol. The monoisotopic (exact) mass is 396 g/mol. The van der Waals surface area contributed by atoms with Crippen LogP contribution >= 0.6 is 0 Å². The van der Waals surface area contributed by atoms with E-state index in [2.05, 4.69) is 51.3 Å². The molecule has 0 aliphatic carbocycles. The minimum atomic E-state index is -0.0431. The van der Waals surface area contributed by atoms with E-state index < -0.39 is 0 Å². The molecule has 0 aliphatic rings.